The molecule has 1 amide bonds. The normalized spacial score (nSPS) is 16.4. The lowest BCUT2D eigenvalue weighted by molar-refractivity contribution is -0.137. The zero-order valence-corrected chi connectivity index (χ0v) is 12.9. The van der Waals surface area contributed by atoms with Gasteiger partial charge in [0.15, 0.2) is 0 Å². The second-order valence-corrected chi connectivity index (χ2v) is 5.45. The van der Waals surface area contributed by atoms with Crippen LogP contribution in [0.3, 0.4) is 0 Å². The molecule has 3 nitrogen and oxygen atoms in total. The minimum Gasteiger partial charge on any atom is -0.347 e. The number of nitrogens with two attached hydrogens (primary N) is 1. The van der Waals surface area contributed by atoms with Crippen LogP contribution in [0.1, 0.15) is 43.2 Å². The second-order valence-electron chi connectivity index (χ2n) is 5.45. The van der Waals surface area contributed by atoms with E-state index in [1.165, 1.54) is 6.07 Å². The van der Waals surface area contributed by atoms with Crippen LogP contribution < -0.4 is 11.1 Å². The van der Waals surface area contributed by atoms with Crippen molar-refractivity contribution in [3.05, 3.63) is 35.4 Å². The Morgan fingerprint density at radius 3 is 2.50 bits per heavy atom. The Labute approximate surface area is 133 Å². The Hall–Kier alpha value is -1.27. The summed E-state index contributed by atoms with van der Waals surface area (Å²) in [5.74, 6) is -0.155. The van der Waals surface area contributed by atoms with E-state index in [1.807, 2.05) is 0 Å². The van der Waals surface area contributed by atoms with Crippen molar-refractivity contribution in [2.75, 3.05) is 6.54 Å². The zero-order chi connectivity index (χ0) is 15.5. The summed E-state index contributed by atoms with van der Waals surface area (Å²) in [5.41, 5.74) is 4.57. The molecule has 0 bridgehead atoms. The summed E-state index contributed by atoms with van der Waals surface area (Å²) in [6.45, 7) is 0.421. The van der Waals surface area contributed by atoms with Gasteiger partial charge in [0, 0.05) is 6.42 Å². The molecule has 7 heteroatoms. The molecule has 2 rings (SSSR count). The molecule has 124 valence electrons. The summed E-state index contributed by atoms with van der Waals surface area (Å²) < 4.78 is 38.4. The predicted octanol–water partition coefficient (Wildman–Crippen LogP) is 3.36. The number of rotatable bonds is 5. The molecule has 1 aromatic rings. The van der Waals surface area contributed by atoms with E-state index in [2.05, 4.69) is 5.32 Å². The first-order valence-electron chi connectivity index (χ1n) is 7.06. The molecule has 0 saturated heterocycles. The smallest absolute Gasteiger partial charge is 0.347 e. The van der Waals surface area contributed by atoms with Crippen molar-refractivity contribution in [2.24, 2.45) is 5.73 Å². The summed E-state index contributed by atoms with van der Waals surface area (Å²) in [7, 11) is 0. The maximum Gasteiger partial charge on any atom is 0.416 e. The summed E-state index contributed by atoms with van der Waals surface area (Å²) in [6.07, 6.45) is -1.26. The number of nitrogens with one attached hydrogen (secondary N) is 1. The number of alkyl halides is 3. The Bertz CT molecular complexity index is 516. The molecule has 1 fully saturated rings. The molecular formula is C15H20ClF3N2O. The Morgan fingerprint density at radius 2 is 2.00 bits per heavy atom. The first kappa shape index (κ1) is 18.8. The molecule has 3 N–H and O–H groups in total. The highest BCUT2D eigenvalue weighted by Gasteiger charge is 2.41. The quantitative estimate of drug-likeness (QED) is 0.866. The van der Waals surface area contributed by atoms with Gasteiger partial charge in [-0.3, -0.25) is 4.79 Å². The lowest BCUT2D eigenvalue weighted by atomic mass is 9.71. The van der Waals surface area contributed by atoms with Crippen LogP contribution in [-0.4, -0.2) is 12.5 Å². The third kappa shape index (κ3) is 4.14. The van der Waals surface area contributed by atoms with E-state index in [0.717, 1.165) is 18.6 Å². The maximum absolute atomic E-state index is 12.8. The molecular weight excluding hydrogens is 317 g/mol. The van der Waals surface area contributed by atoms with E-state index in [4.69, 9.17) is 5.73 Å². The van der Waals surface area contributed by atoms with Crippen molar-refractivity contribution in [3.8, 4) is 0 Å². The third-order valence-electron chi connectivity index (χ3n) is 3.94. The van der Waals surface area contributed by atoms with Gasteiger partial charge in [-0.15, -0.1) is 12.4 Å². The van der Waals surface area contributed by atoms with Gasteiger partial charge < -0.3 is 11.1 Å². The van der Waals surface area contributed by atoms with Gasteiger partial charge in [0.1, 0.15) is 0 Å². The van der Waals surface area contributed by atoms with Crippen molar-refractivity contribution in [2.45, 2.75) is 43.8 Å². The fourth-order valence-electron chi connectivity index (χ4n) is 2.60. The standard InChI is InChI=1S/C15H19F3N2O.ClH/c16-15(17,18)12-5-1-4-11(10-12)14(7-3-8-14)20-13(21)6-2-9-19;/h1,4-5,10H,2-3,6-9,19H2,(H,20,21);1H. The van der Waals surface area contributed by atoms with Crippen LogP contribution >= 0.6 is 12.4 Å². The minimum atomic E-state index is -4.37. The highest BCUT2D eigenvalue weighted by atomic mass is 35.5. The van der Waals surface area contributed by atoms with Crippen LogP contribution in [0.4, 0.5) is 13.2 Å². The van der Waals surface area contributed by atoms with Gasteiger partial charge in [0.2, 0.25) is 5.91 Å². The molecule has 0 spiro atoms. The fraction of sp³-hybridized carbons (Fsp3) is 0.533. The van der Waals surface area contributed by atoms with Crippen LogP contribution in [0.5, 0.6) is 0 Å². The Morgan fingerprint density at radius 1 is 1.32 bits per heavy atom. The highest BCUT2D eigenvalue weighted by Crippen LogP contribution is 2.43. The van der Waals surface area contributed by atoms with Crippen LogP contribution in [0, 0.1) is 0 Å². The molecule has 1 aliphatic carbocycles. The molecule has 1 aliphatic rings. The monoisotopic (exact) mass is 336 g/mol. The number of benzene rings is 1. The highest BCUT2D eigenvalue weighted by molar-refractivity contribution is 5.85. The molecule has 1 aromatic carbocycles. The van der Waals surface area contributed by atoms with Crippen LogP contribution in [0.2, 0.25) is 0 Å². The van der Waals surface area contributed by atoms with Gasteiger partial charge >= 0.3 is 6.18 Å². The van der Waals surface area contributed by atoms with E-state index < -0.39 is 17.3 Å². The van der Waals surface area contributed by atoms with Gasteiger partial charge in [-0.1, -0.05) is 12.1 Å². The van der Waals surface area contributed by atoms with E-state index in [0.29, 0.717) is 37.8 Å². The zero-order valence-electron chi connectivity index (χ0n) is 12.1. The largest absolute Gasteiger partial charge is 0.416 e. The van der Waals surface area contributed by atoms with E-state index in [9.17, 15) is 18.0 Å². The molecule has 0 atom stereocenters. The number of hydrogen-bond donors (Lipinski definition) is 2. The SMILES string of the molecule is Cl.NCCCC(=O)NC1(c2cccc(C(F)(F)F)c2)CCC1. The molecule has 22 heavy (non-hydrogen) atoms. The molecule has 0 aromatic heterocycles. The molecule has 0 heterocycles. The van der Waals surface area contributed by atoms with Gasteiger partial charge in [-0.05, 0) is 49.9 Å². The summed E-state index contributed by atoms with van der Waals surface area (Å²) >= 11 is 0. The van der Waals surface area contributed by atoms with Crippen molar-refractivity contribution >= 4 is 18.3 Å². The fourth-order valence-corrected chi connectivity index (χ4v) is 2.60. The maximum atomic E-state index is 12.8. The van der Waals surface area contributed by atoms with E-state index in [1.54, 1.807) is 6.07 Å². The van der Waals surface area contributed by atoms with Crippen molar-refractivity contribution in [3.63, 3.8) is 0 Å². The Kier molecular flexibility index (Phi) is 6.26. The molecule has 0 unspecified atom stereocenters. The number of halogens is 4. The number of hydrogen-bond acceptors (Lipinski definition) is 2. The van der Waals surface area contributed by atoms with Gasteiger partial charge in [0.25, 0.3) is 0 Å². The summed E-state index contributed by atoms with van der Waals surface area (Å²) in [5, 5.41) is 2.90. The summed E-state index contributed by atoms with van der Waals surface area (Å²) in [6, 6.07) is 5.23. The number of carbonyl (C=O) groups is 1. The number of amides is 1. The lowest BCUT2D eigenvalue weighted by Crippen LogP contribution is -2.50. The lowest BCUT2D eigenvalue weighted by Gasteiger charge is -2.43. The van der Waals surface area contributed by atoms with Crippen LogP contribution in [-0.2, 0) is 16.5 Å². The van der Waals surface area contributed by atoms with E-state index >= 15 is 0 Å². The average molecular weight is 337 g/mol. The van der Waals surface area contributed by atoms with E-state index in [-0.39, 0.29) is 18.3 Å². The van der Waals surface area contributed by atoms with Crippen LogP contribution in [0.25, 0.3) is 0 Å². The molecule has 0 radical (unpaired) electrons. The average Bonchev–Trinajstić information content (AvgIpc) is 2.40. The Balaban J connectivity index is 0.00000242. The molecule has 1 saturated carbocycles. The third-order valence-corrected chi connectivity index (χ3v) is 3.94. The van der Waals surface area contributed by atoms with Gasteiger partial charge in [0.05, 0.1) is 11.1 Å². The second kappa shape index (κ2) is 7.33. The summed E-state index contributed by atoms with van der Waals surface area (Å²) in [4.78, 5) is 11.9. The minimum absolute atomic E-state index is 0. The van der Waals surface area contributed by atoms with Gasteiger partial charge in [-0.25, -0.2) is 0 Å². The van der Waals surface area contributed by atoms with Crippen molar-refractivity contribution < 1.29 is 18.0 Å². The first-order valence-corrected chi connectivity index (χ1v) is 7.06. The topological polar surface area (TPSA) is 55.1 Å². The number of carbonyl (C=O) groups excluding carboxylic acids is 1. The van der Waals surface area contributed by atoms with Crippen LogP contribution in [0.15, 0.2) is 24.3 Å². The van der Waals surface area contributed by atoms with Gasteiger partial charge in [-0.2, -0.15) is 13.2 Å². The van der Waals surface area contributed by atoms with Crippen molar-refractivity contribution in [1.29, 1.82) is 0 Å². The van der Waals surface area contributed by atoms with Crippen molar-refractivity contribution in [1.82, 2.24) is 5.32 Å². The first-order chi connectivity index (χ1) is 9.87. The molecule has 0 aliphatic heterocycles. The predicted molar refractivity (Wildman–Crippen MR) is 80.7 cm³/mol.